The molecule has 4 aromatic carbocycles. The van der Waals surface area contributed by atoms with Gasteiger partial charge in [-0.1, -0.05) is 100 Å². The first-order chi connectivity index (χ1) is 36.6. The minimum Gasteiger partial charge on any atom is -0.489 e. The highest BCUT2D eigenvalue weighted by molar-refractivity contribution is 6.04. The van der Waals surface area contributed by atoms with E-state index in [4.69, 9.17) is 29.5 Å². The van der Waals surface area contributed by atoms with Crippen molar-refractivity contribution in [3.63, 3.8) is 0 Å². The number of nitrogens with zero attached hydrogens (tertiary/aromatic N) is 8. The van der Waals surface area contributed by atoms with E-state index in [1.165, 1.54) is 11.1 Å². The minimum atomic E-state index is -0.122. The summed E-state index contributed by atoms with van der Waals surface area (Å²) < 4.78 is 21.1. The molecule has 0 radical (unpaired) electrons. The molecule has 75 heavy (non-hydrogen) atoms. The number of β-amino-alcohol motifs (C(OH)–C–C–N with tert-alkyl or cyclic N) is 1. The molecule has 0 fully saturated rings. The van der Waals surface area contributed by atoms with Crippen molar-refractivity contribution in [2.75, 3.05) is 52.6 Å². The summed E-state index contributed by atoms with van der Waals surface area (Å²) in [4.78, 5) is 38.7. The maximum atomic E-state index is 13.6. The van der Waals surface area contributed by atoms with E-state index in [1.54, 1.807) is 39.3 Å². The van der Waals surface area contributed by atoms with Crippen LogP contribution < -0.4 is 9.47 Å². The highest BCUT2D eigenvalue weighted by atomic mass is 16.5. The molecule has 386 valence electrons. The lowest BCUT2D eigenvalue weighted by Crippen LogP contribution is -2.42. The van der Waals surface area contributed by atoms with Gasteiger partial charge in [-0.05, 0) is 93.7 Å². The predicted octanol–water partition coefficient (Wildman–Crippen LogP) is 9.54. The van der Waals surface area contributed by atoms with Crippen LogP contribution in [-0.4, -0.2) is 114 Å². The number of pyridine rings is 2. The fourth-order valence-electron chi connectivity index (χ4n) is 9.24. The van der Waals surface area contributed by atoms with E-state index in [2.05, 4.69) is 86.2 Å². The van der Waals surface area contributed by atoms with E-state index in [1.807, 2.05) is 77.5 Å². The van der Waals surface area contributed by atoms with Crippen LogP contribution in [0, 0.1) is 0 Å². The Morgan fingerprint density at radius 3 is 1.28 bits per heavy atom. The molecule has 4 aromatic heterocycles. The first-order valence-corrected chi connectivity index (χ1v) is 25.6. The second-order valence-corrected chi connectivity index (χ2v) is 19.1. The Balaban J connectivity index is 0.000000184. The highest BCUT2D eigenvalue weighted by Gasteiger charge is 2.34. The van der Waals surface area contributed by atoms with Gasteiger partial charge in [-0.2, -0.15) is 10.2 Å². The van der Waals surface area contributed by atoms with Gasteiger partial charge in [0.25, 0.3) is 11.8 Å². The number of rotatable bonds is 19. The van der Waals surface area contributed by atoms with Gasteiger partial charge in [-0.15, -0.1) is 0 Å². The summed E-state index contributed by atoms with van der Waals surface area (Å²) in [7, 11) is 0. The topological polar surface area (TPSA) is 170 Å². The Labute approximate surface area is 438 Å². The molecule has 2 aliphatic heterocycles. The fraction of sp³-hybridized carbons (Fsp3) is 0.300. The zero-order chi connectivity index (χ0) is 52.3. The van der Waals surface area contributed by atoms with Gasteiger partial charge >= 0.3 is 0 Å². The number of fused-ring (bicyclic) bond motifs is 2. The summed E-state index contributed by atoms with van der Waals surface area (Å²) in [6.45, 7) is 13.2. The number of hydrogen-bond donors (Lipinski definition) is 2. The first kappa shape index (κ1) is 51.9. The largest absolute Gasteiger partial charge is 0.489 e. The fourth-order valence-corrected chi connectivity index (χ4v) is 9.24. The first-order valence-electron chi connectivity index (χ1n) is 25.6. The maximum Gasteiger partial charge on any atom is 0.272 e. The number of carbonyl (C=O) groups excluding carboxylic acids is 2. The molecule has 15 nitrogen and oxygen atoms in total. The van der Waals surface area contributed by atoms with E-state index in [-0.39, 0.29) is 31.6 Å². The van der Waals surface area contributed by atoms with Crippen molar-refractivity contribution < 1.29 is 34.0 Å². The molecule has 0 unspecified atom stereocenters. The predicted molar refractivity (Wildman–Crippen MR) is 288 cm³/mol. The molecule has 0 saturated carbocycles. The third-order valence-corrected chi connectivity index (χ3v) is 13.5. The Kier molecular flexibility index (Phi) is 16.9. The van der Waals surface area contributed by atoms with Crippen LogP contribution in [0.25, 0.3) is 44.8 Å². The molecule has 0 bridgehead atoms. The van der Waals surface area contributed by atoms with Crippen molar-refractivity contribution in [1.82, 2.24) is 39.3 Å². The summed E-state index contributed by atoms with van der Waals surface area (Å²) in [5.74, 6) is 2.31. The second kappa shape index (κ2) is 24.4. The lowest BCUT2D eigenvalue weighted by Gasteiger charge is -2.28. The molecule has 0 atom stereocenters. The smallest absolute Gasteiger partial charge is 0.272 e. The van der Waals surface area contributed by atoms with E-state index < -0.39 is 0 Å². The van der Waals surface area contributed by atoms with Crippen molar-refractivity contribution in [1.29, 1.82) is 0 Å². The van der Waals surface area contributed by atoms with Crippen LogP contribution in [0.1, 0.15) is 82.8 Å². The van der Waals surface area contributed by atoms with Gasteiger partial charge in [0.05, 0.1) is 39.5 Å². The zero-order valence-corrected chi connectivity index (χ0v) is 43.0. The quantitative estimate of drug-likeness (QED) is 0.0740. The Bertz CT molecular complexity index is 3140. The van der Waals surface area contributed by atoms with Crippen molar-refractivity contribution in [2.45, 2.75) is 65.8 Å². The average Bonchev–Trinajstić information content (AvgIpc) is 4.04. The highest BCUT2D eigenvalue weighted by Crippen LogP contribution is 2.39. The molecule has 2 aliphatic rings. The summed E-state index contributed by atoms with van der Waals surface area (Å²) >= 11 is 0. The number of aromatic nitrogens is 6. The summed E-state index contributed by atoms with van der Waals surface area (Å²) in [6.07, 6.45) is 6.91. The number of aliphatic hydroxyl groups is 2. The van der Waals surface area contributed by atoms with Crippen LogP contribution in [0.15, 0.2) is 146 Å². The maximum absolute atomic E-state index is 13.6. The molecular formula is C60H64N8O7. The standard InChI is InChI=1S/C31H34N4O4.C29H30N4O3/c1-22(2)24-5-3-23(4-6-24)21-39-27-9-7-25(8-10-27)28-29(26-11-13-32-14-12-26)33-35-16-15-34(31(37)30(28)35)17-19-38-20-18-36;1-20(2)22-5-3-21(4-6-22)19-36-25-9-7-23(8-10-25)26-27(24-11-13-30-14-12-24)31-33-16-15-32(17-18-34)29(35)28(26)33/h3-14,22,36H,15-21H2,1-2H3;3-14,20,34H,15-19H2,1-2H3. The average molecular weight is 1010 g/mol. The van der Waals surface area contributed by atoms with Crippen molar-refractivity contribution in [3.8, 4) is 56.3 Å². The molecular weight excluding hydrogens is 945 g/mol. The SMILES string of the molecule is CC(C)c1ccc(COc2ccc(-c3c(-c4ccncc4)nn4c3C(=O)N(CCO)CC4)cc2)cc1.CC(C)c1ccc(COc2ccc(-c3c(-c4ccncc4)nn4c3C(=O)N(CCOCCO)CC4)cc2)cc1. The zero-order valence-electron chi connectivity index (χ0n) is 43.0. The lowest BCUT2D eigenvalue weighted by atomic mass is 9.98. The summed E-state index contributed by atoms with van der Waals surface area (Å²) in [5, 5.41) is 28.0. The normalized spacial score (nSPS) is 13.2. The van der Waals surface area contributed by atoms with Crippen LogP contribution in [0.3, 0.4) is 0 Å². The second-order valence-electron chi connectivity index (χ2n) is 19.1. The van der Waals surface area contributed by atoms with Gasteiger partial charge in [0.2, 0.25) is 0 Å². The monoisotopic (exact) mass is 1010 g/mol. The lowest BCUT2D eigenvalue weighted by molar-refractivity contribution is 0.0517. The minimum absolute atomic E-state index is 0.0374. The van der Waals surface area contributed by atoms with Gasteiger partial charge < -0.3 is 34.2 Å². The van der Waals surface area contributed by atoms with E-state index in [0.29, 0.717) is 82.3 Å². The van der Waals surface area contributed by atoms with Gasteiger partial charge in [0.15, 0.2) is 0 Å². The third-order valence-electron chi connectivity index (χ3n) is 13.5. The van der Waals surface area contributed by atoms with Gasteiger partial charge in [0, 0.05) is 73.2 Å². The Morgan fingerprint density at radius 1 is 0.480 bits per heavy atom. The summed E-state index contributed by atoms with van der Waals surface area (Å²) in [5.41, 5.74) is 12.6. The number of amides is 2. The molecule has 10 rings (SSSR count). The molecule has 6 heterocycles. The van der Waals surface area contributed by atoms with E-state index in [0.717, 1.165) is 67.4 Å². The molecule has 0 aliphatic carbocycles. The van der Waals surface area contributed by atoms with Gasteiger partial charge in [-0.25, -0.2) is 0 Å². The third kappa shape index (κ3) is 12.2. The molecule has 8 aromatic rings. The Hall–Kier alpha value is -7.98. The summed E-state index contributed by atoms with van der Waals surface area (Å²) in [6, 6.07) is 40.3. The van der Waals surface area contributed by atoms with Crippen LogP contribution in [0.2, 0.25) is 0 Å². The van der Waals surface area contributed by atoms with E-state index >= 15 is 0 Å². The molecule has 0 spiro atoms. The number of benzene rings is 4. The van der Waals surface area contributed by atoms with Gasteiger partial charge in [-0.3, -0.25) is 28.9 Å². The number of ether oxygens (including phenoxy) is 3. The van der Waals surface area contributed by atoms with Crippen LogP contribution in [0.4, 0.5) is 0 Å². The molecule has 2 N–H and O–H groups in total. The van der Waals surface area contributed by atoms with Crippen LogP contribution in [0.5, 0.6) is 11.5 Å². The number of aliphatic hydroxyl groups excluding tert-OH is 2. The van der Waals surface area contributed by atoms with Crippen LogP contribution in [-0.2, 0) is 31.0 Å². The Morgan fingerprint density at radius 2 is 0.893 bits per heavy atom. The van der Waals surface area contributed by atoms with Crippen molar-refractivity contribution >= 4 is 11.8 Å². The molecule has 2 amide bonds. The molecule has 0 saturated heterocycles. The molecule has 15 heteroatoms. The number of hydrogen-bond acceptors (Lipinski definition) is 11. The van der Waals surface area contributed by atoms with E-state index in [9.17, 15) is 14.7 Å². The van der Waals surface area contributed by atoms with Crippen molar-refractivity contribution in [2.24, 2.45) is 0 Å². The van der Waals surface area contributed by atoms with Gasteiger partial charge in [0.1, 0.15) is 47.5 Å². The number of carbonyl (C=O) groups is 2. The van der Waals surface area contributed by atoms with Crippen LogP contribution >= 0.6 is 0 Å². The van der Waals surface area contributed by atoms with Crippen molar-refractivity contribution in [3.05, 3.63) is 180 Å².